The molecule has 0 saturated carbocycles. The first-order valence-corrected chi connectivity index (χ1v) is 5.88. The fourth-order valence-electron chi connectivity index (χ4n) is 1.26. The second-order valence-corrected chi connectivity index (χ2v) is 4.19. The van der Waals surface area contributed by atoms with Crippen LogP contribution in [0, 0.1) is 11.6 Å². The molecule has 2 rings (SSSR count). The third-order valence-corrected chi connectivity index (χ3v) is 3.05. The normalized spacial score (nSPS) is 10.5. The Morgan fingerprint density at radius 3 is 2.88 bits per heavy atom. The van der Waals surface area contributed by atoms with Crippen molar-refractivity contribution in [2.75, 3.05) is 12.4 Å². The molecule has 2 aromatic heterocycles. The number of nitrogens with one attached hydrogen (secondary N) is 1. The Hall–Kier alpha value is -1.56. The Labute approximate surface area is 101 Å². The van der Waals surface area contributed by atoms with Crippen LogP contribution in [-0.2, 0) is 5.75 Å². The predicted molar refractivity (Wildman–Crippen MR) is 62.0 cm³/mol. The van der Waals surface area contributed by atoms with Crippen molar-refractivity contribution in [2.24, 2.45) is 0 Å². The highest BCUT2D eigenvalue weighted by Gasteiger charge is 2.12. The number of rotatable bonds is 4. The molecule has 90 valence electrons. The lowest BCUT2D eigenvalue weighted by molar-refractivity contribution is 0.529. The number of hydrogen-bond donors (Lipinski definition) is 1. The van der Waals surface area contributed by atoms with Crippen molar-refractivity contribution in [3.8, 4) is 0 Å². The van der Waals surface area contributed by atoms with Crippen LogP contribution in [0.3, 0.4) is 0 Å². The van der Waals surface area contributed by atoms with Gasteiger partial charge in [0.1, 0.15) is 10.8 Å². The Kier molecular flexibility index (Phi) is 3.63. The van der Waals surface area contributed by atoms with E-state index in [2.05, 4.69) is 10.3 Å². The van der Waals surface area contributed by atoms with Gasteiger partial charge < -0.3 is 9.73 Å². The molecule has 2 aromatic rings. The third-order valence-electron chi connectivity index (χ3n) is 2.07. The molecule has 17 heavy (non-hydrogen) atoms. The second-order valence-electron chi connectivity index (χ2n) is 3.22. The number of thioether (sulfide) groups is 1. The van der Waals surface area contributed by atoms with Crippen molar-refractivity contribution in [3.63, 3.8) is 0 Å². The quantitative estimate of drug-likeness (QED) is 0.852. The highest BCUT2D eigenvalue weighted by Crippen LogP contribution is 2.26. The number of hydrogen-bond acceptors (Lipinski definition) is 4. The molecule has 0 aliphatic heterocycles. The van der Waals surface area contributed by atoms with E-state index in [1.54, 1.807) is 18.4 Å². The smallest absolute Gasteiger partial charge is 0.168 e. The topological polar surface area (TPSA) is 38.1 Å². The van der Waals surface area contributed by atoms with Gasteiger partial charge in [-0.25, -0.2) is 13.8 Å². The molecule has 0 radical (unpaired) electrons. The van der Waals surface area contributed by atoms with Gasteiger partial charge in [-0.05, 0) is 12.1 Å². The average molecular weight is 256 g/mol. The monoisotopic (exact) mass is 256 g/mol. The van der Waals surface area contributed by atoms with Gasteiger partial charge in [-0.15, -0.1) is 0 Å². The predicted octanol–water partition coefficient (Wildman–Crippen LogP) is 3.29. The summed E-state index contributed by atoms with van der Waals surface area (Å²) in [5.74, 6) is -0.170. The number of halogens is 2. The Bertz CT molecular complexity index is 502. The van der Waals surface area contributed by atoms with Gasteiger partial charge in [-0.3, -0.25) is 0 Å². The average Bonchev–Trinajstić information content (AvgIpc) is 2.81. The first-order chi connectivity index (χ1) is 8.20. The maximum atomic E-state index is 13.4. The van der Waals surface area contributed by atoms with E-state index in [4.69, 9.17) is 4.42 Å². The van der Waals surface area contributed by atoms with Gasteiger partial charge in [-0.1, -0.05) is 11.8 Å². The molecule has 0 fully saturated rings. The maximum Gasteiger partial charge on any atom is 0.168 e. The molecule has 2 heterocycles. The maximum absolute atomic E-state index is 13.4. The van der Waals surface area contributed by atoms with Gasteiger partial charge in [0.05, 0.1) is 12.0 Å². The Morgan fingerprint density at radius 2 is 2.24 bits per heavy atom. The van der Waals surface area contributed by atoms with E-state index in [-0.39, 0.29) is 10.8 Å². The van der Waals surface area contributed by atoms with Crippen LogP contribution in [0.5, 0.6) is 0 Å². The van der Waals surface area contributed by atoms with Gasteiger partial charge in [0.25, 0.3) is 0 Å². The SMILES string of the molecule is CNc1nc(SCc2ccco2)c(F)cc1F. The molecule has 1 N–H and O–H groups in total. The van der Waals surface area contributed by atoms with Crippen LogP contribution in [-0.4, -0.2) is 12.0 Å². The number of nitrogens with zero attached hydrogens (tertiary/aromatic N) is 1. The highest BCUT2D eigenvalue weighted by atomic mass is 32.2. The lowest BCUT2D eigenvalue weighted by atomic mass is 10.4. The molecular weight excluding hydrogens is 246 g/mol. The van der Waals surface area contributed by atoms with Crippen molar-refractivity contribution in [2.45, 2.75) is 10.8 Å². The molecule has 0 bridgehead atoms. The number of furan rings is 1. The van der Waals surface area contributed by atoms with Crippen molar-refractivity contribution in [3.05, 3.63) is 41.9 Å². The summed E-state index contributed by atoms with van der Waals surface area (Å²) in [5.41, 5.74) is 0. The van der Waals surface area contributed by atoms with Crippen LogP contribution in [0.15, 0.2) is 33.9 Å². The molecular formula is C11H10F2N2OS. The third kappa shape index (κ3) is 2.76. The first kappa shape index (κ1) is 11.9. The lowest BCUT2D eigenvalue weighted by Gasteiger charge is -2.05. The number of aromatic nitrogens is 1. The molecule has 0 aromatic carbocycles. The second kappa shape index (κ2) is 5.18. The Balaban J connectivity index is 2.15. The summed E-state index contributed by atoms with van der Waals surface area (Å²) in [6.07, 6.45) is 1.55. The van der Waals surface area contributed by atoms with E-state index in [1.807, 2.05) is 0 Å². The zero-order valence-electron chi connectivity index (χ0n) is 9.04. The van der Waals surface area contributed by atoms with Gasteiger partial charge in [-0.2, -0.15) is 0 Å². The summed E-state index contributed by atoms with van der Waals surface area (Å²) in [4.78, 5) is 3.85. The first-order valence-electron chi connectivity index (χ1n) is 4.89. The summed E-state index contributed by atoms with van der Waals surface area (Å²) >= 11 is 1.16. The molecule has 0 aliphatic carbocycles. The minimum absolute atomic E-state index is 0.0355. The molecule has 0 atom stereocenters. The highest BCUT2D eigenvalue weighted by molar-refractivity contribution is 7.98. The van der Waals surface area contributed by atoms with Crippen LogP contribution in [0.2, 0.25) is 0 Å². The molecule has 0 spiro atoms. The van der Waals surface area contributed by atoms with E-state index >= 15 is 0 Å². The molecule has 0 aliphatic rings. The summed E-state index contributed by atoms with van der Waals surface area (Å²) < 4.78 is 31.7. The molecule has 0 unspecified atom stereocenters. The number of pyridine rings is 1. The minimum Gasteiger partial charge on any atom is -0.468 e. The largest absolute Gasteiger partial charge is 0.468 e. The summed E-state index contributed by atoms with van der Waals surface area (Å²) in [6, 6.07) is 4.36. The molecule has 0 saturated heterocycles. The van der Waals surface area contributed by atoms with Crippen molar-refractivity contribution in [1.29, 1.82) is 0 Å². The summed E-state index contributed by atoms with van der Waals surface area (Å²) in [6.45, 7) is 0. The van der Waals surface area contributed by atoms with E-state index in [9.17, 15) is 8.78 Å². The Morgan fingerprint density at radius 1 is 1.41 bits per heavy atom. The van der Waals surface area contributed by atoms with E-state index in [0.717, 1.165) is 17.8 Å². The van der Waals surface area contributed by atoms with Gasteiger partial charge >= 0.3 is 0 Å². The zero-order valence-corrected chi connectivity index (χ0v) is 9.85. The fourth-order valence-corrected chi connectivity index (χ4v) is 2.06. The van der Waals surface area contributed by atoms with Crippen molar-refractivity contribution < 1.29 is 13.2 Å². The van der Waals surface area contributed by atoms with Crippen molar-refractivity contribution >= 4 is 17.6 Å². The van der Waals surface area contributed by atoms with Gasteiger partial charge in [0.15, 0.2) is 17.5 Å². The number of anilines is 1. The summed E-state index contributed by atoms with van der Waals surface area (Å²) in [7, 11) is 1.53. The molecule has 3 nitrogen and oxygen atoms in total. The van der Waals surface area contributed by atoms with Gasteiger partial charge in [0, 0.05) is 13.1 Å². The van der Waals surface area contributed by atoms with E-state index < -0.39 is 11.6 Å². The van der Waals surface area contributed by atoms with E-state index in [1.165, 1.54) is 7.05 Å². The van der Waals surface area contributed by atoms with Crippen LogP contribution >= 0.6 is 11.8 Å². The van der Waals surface area contributed by atoms with Gasteiger partial charge in [0.2, 0.25) is 0 Å². The zero-order chi connectivity index (χ0) is 12.3. The van der Waals surface area contributed by atoms with Crippen LogP contribution in [0.4, 0.5) is 14.6 Å². The van der Waals surface area contributed by atoms with Crippen molar-refractivity contribution in [1.82, 2.24) is 4.98 Å². The minimum atomic E-state index is -0.702. The molecule has 0 amide bonds. The lowest BCUT2D eigenvalue weighted by Crippen LogP contribution is -1.99. The van der Waals surface area contributed by atoms with Crippen LogP contribution in [0.25, 0.3) is 0 Å². The van der Waals surface area contributed by atoms with Crippen LogP contribution in [0.1, 0.15) is 5.76 Å². The van der Waals surface area contributed by atoms with Crippen LogP contribution < -0.4 is 5.32 Å². The fraction of sp³-hybridized carbons (Fsp3) is 0.182. The van der Waals surface area contributed by atoms with E-state index in [0.29, 0.717) is 11.5 Å². The molecule has 6 heteroatoms. The summed E-state index contributed by atoms with van der Waals surface area (Å²) in [5, 5.41) is 2.71. The standard InChI is InChI=1S/C11H10F2N2OS/c1-14-10-8(12)5-9(13)11(15-10)17-6-7-3-2-4-16-7/h2-5H,6H2,1H3,(H,14,15).